The molecule has 0 radical (unpaired) electrons. The number of halogens is 3. The Labute approximate surface area is 105 Å². The van der Waals surface area contributed by atoms with E-state index in [0.717, 1.165) is 0 Å². The highest BCUT2D eigenvalue weighted by molar-refractivity contribution is 5.21. The Morgan fingerprint density at radius 1 is 1.28 bits per heavy atom. The Morgan fingerprint density at radius 2 is 1.94 bits per heavy atom. The molecule has 1 aliphatic rings. The minimum atomic E-state index is -4.24. The molecule has 0 amide bonds. The third kappa shape index (κ3) is 2.84. The van der Waals surface area contributed by atoms with Crippen LogP contribution in [0.3, 0.4) is 0 Å². The topological polar surface area (TPSA) is 15.3 Å². The summed E-state index contributed by atoms with van der Waals surface area (Å²) < 4.78 is 39.9. The van der Waals surface area contributed by atoms with Crippen molar-refractivity contribution in [3.8, 4) is 0 Å². The predicted octanol–water partition coefficient (Wildman–Crippen LogP) is 2.58. The number of alkyl halides is 3. The van der Waals surface area contributed by atoms with Crippen molar-refractivity contribution >= 4 is 0 Å². The van der Waals surface area contributed by atoms with Gasteiger partial charge in [0.25, 0.3) is 0 Å². The van der Waals surface area contributed by atoms with Crippen LogP contribution in [0.5, 0.6) is 0 Å². The van der Waals surface area contributed by atoms with Gasteiger partial charge in [0.05, 0.1) is 0 Å². The van der Waals surface area contributed by atoms with E-state index >= 15 is 0 Å². The fraction of sp³-hybridized carbons (Fsp3) is 0.538. The van der Waals surface area contributed by atoms with Crippen LogP contribution in [0.4, 0.5) is 13.2 Å². The molecule has 0 spiro atoms. The number of hydrogen-bond donors (Lipinski definition) is 1. The van der Waals surface area contributed by atoms with Gasteiger partial charge in [0.2, 0.25) is 0 Å². The second-order valence-corrected chi connectivity index (χ2v) is 4.65. The molecule has 2 nitrogen and oxygen atoms in total. The standard InChI is InChI=1S/C13H17F3N2/c1-10-9-17-7-8-18(10)12(13(14,15)16)11-5-3-2-4-6-11/h2-6,10,12,17H,7-9H2,1H3/t10-,12?/m1/s1. The van der Waals surface area contributed by atoms with Crippen molar-refractivity contribution in [1.82, 2.24) is 10.2 Å². The van der Waals surface area contributed by atoms with Gasteiger partial charge in [0, 0.05) is 25.7 Å². The zero-order valence-electron chi connectivity index (χ0n) is 10.2. The summed E-state index contributed by atoms with van der Waals surface area (Å²) in [6.45, 7) is 3.44. The molecule has 1 aromatic rings. The summed E-state index contributed by atoms with van der Waals surface area (Å²) in [7, 11) is 0. The normalized spacial score (nSPS) is 23.9. The maximum atomic E-state index is 13.3. The lowest BCUT2D eigenvalue weighted by Gasteiger charge is -2.40. The second-order valence-electron chi connectivity index (χ2n) is 4.65. The summed E-state index contributed by atoms with van der Waals surface area (Å²) in [6.07, 6.45) is -4.24. The van der Waals surface area contributed by atoms with Gasteiger partial charge in [-0.3, -0.25) is 4.90 Å². The number of rotatable bonds is 2. The molecule has 18 heavy (non-hydrogen) atoms. The van der Waals surface area contributed by atoms with Crippen molar-refractivity contribution < 1.29 is 13.2 Å². The zero-order valence-corrected chi connectivity index (χ0v) is 10.2. The van der Waals surface area contributed by atoms with Gasteiger partial charge in [-0.15, -0.1) is 0 Å². The highest BCUT2D eigenvalue weighted by atomic mass is 19.4. The van der Waals surface area contributed by atoms with Crippen LogP contribution >= 0.6 is 0 Å². The molecule has 1 aromatic carbocycles. The van der Waals surface area contributed by atoms with Crippen LogP contribution in [0.15, 0.2) is 30.3 Å². The van der Waals surface area contributed by atoms with Gasteiger partial charge in [-0.1, -0.05) is 30.3 Å². The summed E-state index contributed by atoms with van der Waals surface area (Å²) in [5.41, 5.74) is 0.318. The maximum absolute atomic E-state index is 13.3. The van der Waals surface area contributed by atoms with E-state index in [-0.39, 0.29) is 6.04 Å². The molecule has 1 heterocycles. The maximum Gasteiger partial charge on any atom is 0.408 e. The van der Waals surface area contributed by atoms with Crippen molar-refractivity contribution in [2.75, 3.05) is 19.6 Å². The molecule has 0 bridgehead atoms. The lowest BCUT2D eigenvalue weighted by molar-refractivity contribution is -0.193. The molecule has 1 N–H and O–H groups in total. The summed E-state index contributed by atoms with van der Waals surface area (Å²) in [4.78, 5) is 1.53. The van der Waals surface area contributed by atoms with Crippen molar-refractivity contribution in [1.29, 1.82) is 0 Å². The number of nitrogens with zero attached hydrogens (tertiary/aromatic N) is 1. The Hall–Kier alpha value is -1.07. The molecule has 1 fully saturated rings. The SMILES string of the molecule is C[C@@H]1CNCCN1C(c1ccccc1)C(F)(F)F. The van der Waals surface area contributed by atoms with E-state index in [0.29, 0.717) is 25.2 Å². The van der Waals surface area contributed by atoms with Crippen LogP contribution in [0.1, 0.15) is 18.5 Å². The first kappa shape index (κ1) is 13.4. The van der Waals surface area contributed by atoms with Crippen LogP contribution in [-0.2, 0) is 0 Å². The van der Waals surface area contributed by atoms with E-state index in [1.165, 1.54) is 4.90 Å². The average molecular weight is 258 g/mol. The third-order valence-electron chi connectivity index (χ3n) is 3.31. The van der Waals surface area contributed by atoms with E-state index in [2.05, 4.69) is 5.32 Å². The number of piperazine rings is 1. The number of benzene rings is 1. The molecular weight excluding hydrogens is 241 g/mol. The highest BCUT2D eigenvalue weighted by Crippen LogP contribution is 2.38. The molecule has 2 atom stereocenters. The van der Waals surface area contributed by atoms with Gasteiger partial charge in [-0.2, -0.15) is 13.2 Å². The highest BCUT2D eigenvalue weighted by Gasteiger charge is 2.46. The molecule has 0 aromatic heterocycles. The zero-order chi connectivity index (χ0) is 13.2. The van der Waals surface area contributed by atoms with E-state index in [1.54, 1.807) is 30.3 Å². The first-order valence-corrected chi connectivity index (χ1v) is 6.08. The molecule has 100 valence electrons. The van der Waals surface area contributed by atoms with Crippen molar-refractivity contribution in [2.45, 2.75) is 25.2 Å². The molecule has 1 unspecified atom stereocenters. The van der Waals surface area contributed by atoms with Crippen LogP contribution < -0.4 is 5.32 Å². The molecular formula is C13H17F3N2. The summed E-state index contributed by atoms with van der Waals surface area (Å²) in [5, 5.41) is 3.11. The van der Waals surface area contributed by atoms with Crippen LogP contribution in [0.25, 0.3) is 0 Å². The molecule has 1 aliphatic heterocycles. The fourth-order valence-corrected chi connectivity index (χ4v) is 2.44. The van der Waals surface area contributed by atoms with Gasteiger partial charge < -0.3 is 5.32 Å². The van der Waals surface area contributed by atoms with Gasteiger partial charge >= 0.3 is 6.18 Å². The predicted molar refractivity (Wildman–Crippen MR) is 64.3 cm³/mol. The number of hydrogen-bond acceptors (Lipinski definition) is 2. The Morgan fingerprint density at radius 3 is 2.50 bits per heavy atom. The van der Waals surface area contributed by atoms with Crippen molar-refractivity contribution in [2.24, 2.45) is 0 Å². The molecule has 1 saturated heterocycles. The van der Waals surface area contributed by atoms with Gasteiger partial charge in [-0.05, 0) is 12.5 Å². The Balaban J connectivity index is 2.31. The minimum absolute atomic E-state index is 0.120. The van der Waals surface area contributed by atoms with Crippen molar-refractivity contribution in [3.05, 3.63) is 35.9 Å². The Kier molecular flexibility index (Phi) is 3.92. The minimum Gasteiger partial charge on any atom is -0.314 e. The quantitative estimate of drug-likeness (QED) is 0.877. The van der Waals surface area contributed by atoms with Crippen LogP contribution in [0.2, 0.25) is 0 Å². The average Bonchev–Trinajstić information content (AvgIpc) is 2.32. The smallest absolute Gasteiger partial charge is 0.314 e. The second kappa shape index (κ2) is 5.28. The summed E-state index contributed by atoms with van der Waals surface area (Å²) in [5.74, 6) is 0. The number of nitrogens with one attached hydrogen (secondary N) is 1. The molecule has 2 rings (SSSR count). The summed E-state index contributed by atoms with van der Waals surface area (Å²) in [6, 6.07) is 6.51. The summed E-state index contributed by atoms with van der Waals surface area (Å²) >= 11 is 0. The molecule has 0 saturated carbocycles. The van der Waals surface area contributed by atoms with E-state index in [4.69, 9.17) is 0 Å². The van der Waals surface area contributed by atoms with E-state index in [1.807, 2.05) is 6.92 Å². The van der Waals surface area contributed by atoms with E-state index in [9.17, 15) is 13.2 Å². The lowest BCUT2D eigenvalue weighted by Crippen LogP contribution is -2.54. The van der Waals surface area contributed by atoms with Gasteiger partial charge in [0.15, 0.2) is 0 Å². The van der Waals surface area contributed by atoms with E-state index < -0.39 is 12.2 Å². The fourth-order valence-electron chi connectivity index (χ4n) is 2.44. The van der Waals surface area contributed by atoms with Crippen molar-refractivity contribution in [3.63, 3.8) is 0 Å². The van der Waals surface area contributed by atoms with Crippen LogP contribution in [-0.4, -0.2) is 36.8 Å². The third-order valence-corrected chi connectivity index (χ3v) is 3.31. The van der Waals surface area contributed by atoms with Gasteiger partial charge in [-0.25, -0.2) is 0 Å². The van der Waals surface area contributed by atoms with Gasteiger partial charge in [0.1, 0.15) is 6.04 Å². The lowest BCUT2D eigenvalue weighted by atomic mass is 10.0. The molecule has 0 aliphatic carbocycles. The monoisotopic (exact) mass is 258 g/mol. The first-order chi connectivity index (χ1) is 8.50. The first-order valence-electron chi connectivity index (χ1n) is 6.08. The van der Waals surface area contributed by atoms with Crippen LogP contribution in [0, 0.1) is 0 Å². The largest absolute Gasteiger partial charge is 0.408 e. The Bertz CT molecular complexity index is 378. The molecule has 5 heteroatoms.